The zero-order valence-electron chi connectivity index (χ0n) is 14.1. The van der Waals surface area contributed by atoms with Gasteiger partial charge in [0.25, 0.3) is 5.91 Å². The molecule has 2 aromatic carbocycles. The van der Waals surface area contributed by atoms with Crippen molar-refractivity contribution in [2.45, 2.75) is 26.4 Å². The lowest BCUT2D eigenvalue weighted by atomic mass is 10.2. The highest BCUT2D eigenvalue weighted by Gasteiger charge is 2.14. The van der Waals surface area contributed by atoms with Crippen LogP contribution in [0.2, 0.25) is 5.02 Å². The van der Waals surface area contributed by atoms with Gasteiger partial charge >= 0.3 is 0 Å². The number of benzene rings is 2. The van der Waals surface area contributed by atoms with Gasteiger partial charge in [0.05, 0.1) is 27.4 Å². The van der Waals surface area contributed by atoms with Gasteiger partial charge in [0.15, 0.2) is 0 Å². The van der Waals surface area contributed by atoms with Gasteiger partial charge in [-0.15, -0.1) is 0 Å². The average molecular weight is 505 g/mol. The fourth-order valence-electron chi connectivity index (χ4n) is 1.96. The van der Waals surface area contributed by atoms with Gasteiger partial charge in [-0.2, -0.15) is 5.10 Å². The molecule has 0 fully saturated rings. The van der Waals surface area contributed by atoms with E-state index in [0.717, 1.165) is 6.42 Å². The lowest BCUT2D eigenvalue weighted by Gasteiger charge is -2.13. The van der Waals surface area contributed by atoms with E-state index in [-0.39, 0.29) is 17.4 Å². The van der Waals surface area contributed by atoms with E-state index in [4.69, 9.17) is 16.3 Å². The molecule has 26 heavy (non-hydrogen) atoms. The molecular weight excluding hydrogens is 487 g/mol. The summed E-state index contributed by atoms with van der Waals surface area (Å²) in [4.78, 5) is 12.2. The Morgan fingerprint density at radius 1 is 1.38 bits per heavy atom. The Balaban J connectivity index is 2.07. The number of phenols is 1. The summed E-state index contributed by atoms with van der Waals surface area (Å²) < 4.78 is 6.76. The highest BCUT2D eigenvalue weighted by molar-refractivity contribution is 9.11. The third-order valence-corrected chi connectivity index (χ3v) is 4.87. The Bertz CT molecular complexity index is 843. The lowest BCUT2D eigenvalue weighted by molar-refractivity contribution is 0.0952. The molecule has 0 bridgehead atoms. The van der Waals surface area contributed by atoms with Crippen LogP contribution >= 0.6 is 43.5 Å². The van der Waals surface area contributed by atoms with Crippen LogP contribution in [0.1, 0.15) is 36.2 Å². The maximum absolute atomic E-state index is 12.2. The molecule has 138 valence electrons. The van der Waals surface area contributed by atoms with Crippen LogP contribution in [-0.4, -0.2) is 23.3 Å². The number of carbonyl (C=O) groups excluding carboxylic acids is 1. The second-order valence-corrected chi connectivity index (χ2v) is 7.69. The summed E-state index contributed by atoms with van der Waals surface area (Å²) in [5.41, 5.74) is 3.17. The minimum atomic E-state index is -0.538. The number of nitrogens with zero attached hydrogens (tertiary/aromatic N) is 1. The second kappa shape index (κ2) is 9.39. The molecule has 5 nitrogen and oxygen atoms in total. The standard InChI is InChI=1S/C18H17Br2ClN2O3/c1-3-10(2)26-16-5-4-11(6-15(16)21)9-22-23-18(25)13-7-12(19)8-14(20)17(13)24/h4-10,24H,3H2,1-2H3,(H,23,25)/b22-9-/t10-/m0/s1. The highest BCUT2D eigenvalue weighted by Crippen LogP contribution is 2.31. The van der Waals surface area contributed by atoms with Crippen molar-refractivity contribution < 1.29 is 14.6 Å². The number of aromatic hydroxyl groups is 1. The van der Waals surface area contributed by atoms with Crippen molar-refractivity contribution in [3.63, 3.8) is 0 Å². The minimum Gasteiger partial charge on any atom is -0.506 e. The number of rotatable bonds is 6. The SMILES string of the molecule is CC[C@H](C)Oc1ccc(/C=N\NC(=O)c2cc(Br)cc(Br)c2O)cc1Cl. The maximum Gasteiger partial charge on any atom is 0.275 e. The number of amides is 1. The summed E-state index contributed by atoms with van der Waals surface area (Å²) in [7, 11) is 0. The molecule has 2 rings (SSSR count). The fraction of sp³-hybridized carbons (Fsp3) is 0.222. The van der Waals surface area contributed by atoms with Gasteiger partial charge in [0, 0.05) is 4.47 Å². The Labute approximate surface area is 173 Å². The predicted octanol–water partition coefficient (Wildman–Crippen LogP) is 5.51. The normalized spacial score (nSPS) is 12.2. The first kappa shape index (κ1) is 20.7. The number of hydrogen-bond acceptors (Lipinski definition) is 4. The summed E-state index contributed by atoms with van der Waals surface area (Å²) in [6.07, 6.45) is 2.41. The number of phenolic OH excluding ortho intramolecular Hbond substituents is 1. The van der Waals surface area contributed by atoms with Crippen molar-refractivity contribution in [2.75, 3.05) is 0 Å². The Morgan fingerprint density at radius 3 is 2.77 bits per heavy atom. The molecule has 0 unspecified atom stereocenters. The molecule has 0 radical (unpaired) electrons. The van der Waals surface area contributed by atoms with E-state index < -0.39 is 5.91 Å². The molecule has 8 heteroatoms. The zero-order chi connectivity index (χ0) is 19.3. The molecule has 0 aliphatic heterocycles. The van der Waals surface area contributed by atoms with Crippen molar-refractivity contribution in [3.05, 3.63) is 55.4 Å². The van der Waals surface area contributed by atoms with Crippen molar-refractivity contribution in [2.24, 2.45) is 5.10 Å². The van der Waals surface area contributed by atoms with E-state index in [1.165, 1.54) is 12.3 Å². The molecule has 0 aromatic heterocycles. The van der Waals surface area contributed by atoms with E-state index in [1.54, 1.807) is 24.3 Å². The van der Waals surface area contributed by atoms with Crippen molar-refractivity contribution in [1.29, 1.82) is 0 Å². The molecule has 1 amide bonds. The van der Waals surface area contributed by atoms with Gasteiger partial charge in [0.1, 0.15) is 11.5 Å². The second-order valence-electron chi connectivity index (χ2n) is 5.51. The minimum absolute atomic E-state index is 0.0727. The number of hydrazone groups is 1. The monoisotopic (exact) mass is 502 g/mol. The molecule has 0 saturated carbocycles. The Morgan fingerprint density at radius 2 is 2.12 bits per heavy atom. The molecule has 0 aliphatic carbocycles. The van der Waals surface area contributed by atoms with Crippen molar-refractivity contribution >= 4 is 55.6 Å². The first-order chi connectivity index (χ1) is 12.3. The van der Waals surface area contributed by atoms with Crippen molar-refractivity contribution in [1.82, 2.24) is 5.43 Å². The van der Waals surface area contributed by atoms with E-state index in [9.17, 15) is 9.90 Å². The average Bonchev–Trinajstić information content (AvgIpc) is 2.60. The smallest absolute Gasteiger partial charge is 0.275 e. The third kappa shape index (κ3) is 5.46. The van der Waals surface area contributed by atoms with E-state index in [2.05, 4.69) is 42.4 Å². The number of carbonyl (C=O) groups is 1. The van der Waals surface area contributed by atoms with E-state index >= 15 is 0 Å². The largest absolute Gasteiger partial charge is 0.506 e. The van der Waals surface area contributed by atoms with E-state index in [1.807, 2.05) is 13.8 Å². The van der Waals surface area contributed by atoms with Crippen LogP contribution in [0, 0.1) is 0 Å². The lowest BCUT2D eigenvalue weighted by Crippen LogP contribution is -2.18. The summed E-state index contributed by atoms with van der Waals surface area (Å²) in [5, 5.41) is 14.3. The highest BCUT2D eigenvalue weighted by atomic mass is 79.9. The van der Waals surface area contributed by atoms with Gasteiger partial charge in [-0.3, -0.25) is 4.79 Å². The molecule has 2 aromatic rings. The molecule has 0 spiro atoms. The zero-order valence-corrected chi connectivity index (χ0v) is 18.0. The summed E-state index contributed by atoms with van der Waals surface area (Å²) in [6.45, 7) is 4.00. The van der Waals surface area contributed by atoms with Crippen LogP contribution in [0.3, 0.4) is 0 Å². The summed E-state index contributed by atoms with van der Waals surface area (Å²) in [5.74, 6) is -0.0924. The van der Waals surface area contributed by atoms with E-state index in [0.29, 0.717) is 25.3 Å². The number of hydrogen-bond donors (Lipinski definition) is 2. The maximum atomic E-state index is 12.2. The topological polar surface area (TPSA) is 70.9 Å². The first-order valence-electron chi connectivity index (χ1n) is 7.79. The Hall–Kier alpha value is -1.57. The van der Waals surface area contributed by atoms with Crippen LogP contribution in [-0.2, 0) is 0 Å². The molecule has 0 aliphatic rings. The quantitative estimate of drug-likeness (QED) is 0.403. The molecular formula is C18H17Br2ClN2O3. The van der Waals surface area contributed by atoms with Gasteiger partial charge in [-0.05, 0) is 65.2 Å². The first-order valence-corrected chi connectivity index (χ1v) is 9.75. The van der Waals surface area contributed by atoms with Gasteiger partial charge in [-0.1, -0.05) is 34.5 Å². The number of nitrogens with one attached hydrogen (secondary N) is 1. The van der Waals surface area contributed by atoms with Crippen LogP contribution < -0.4 is 10.2 Å². The summed E-state index contributed by atoms with van der Waals surface area (Å²) in [6, 6.07) is 8.38. The van der Waals surface area contributed by atoms with Crippen LogP contribution in [0.25, 0.3) is 0 Å². The Kier molecular flexibility index (Phi) is 7.49. The van der Waals surface area contributed by atoms with Crippen molar-refractivity contribution in [3.8, 4) is 11.5 Å². The molecule has 0 saturated heterocycles. The van der Waals surface area contributed by atoms with Crippen LogP contribution in [0.5, 0.6) is 11.5 Å². The fourth-order valence-corrected chi connectivity index (χ4v) is 3.42. The van der Waals surface area contributed by atoms with Crippen LogP contribution in [0.4, 0.5) is 0 Å². The van der Waals surface area contributed by atoms with Gasteiger partial charge < -0.3 is 9.84 Å². The molecule has 0 heterocycles. The molecule has 2 N–H and O–H groups in total. The number of halogens is 3. The van der Waals surface area contributed by atoms with Crippen LogP contribution in [0.15, 0.2) is 44.4 Å². The van der Waals surface area contributed by atoms with Gasteiger partial charge in [-0.25, -0.2) is 5.43 Å². The number of ether oxygens (including phenoxy) is 1. The predicted molar refractivity (Wildman–Crippen MR) is 110 cm³/mol. The third-order valence-electron chi connectivity index (χ3n) is 3.51. The molecule has 1 atom stereocenters. The summed E-state index contributed by atoms with van der Waals surface area (Å²) >= 11 is 12.7. The van der Waals surface area contributed by atoms with Gasteiger partial charge in [0.2, 0.25) is 0 Å².